The summed E-state index contributed by atoms with van der Waals surface area (Å²) >= 11 is 0. The van der Waals surface area contributed by atoms with Crippen LogP contribution in [0.2, 0.25) is 0 Å². The molecule has 3 heteroatoms. The van der Waals surface area contributed by atoms with Gasteiger partial charge in [0.25, 0.3) is 0 Å². The first-order chi connectivity index (χ1) is 8.56. The minimum atomic E-state index is 0.208. The zero-order valence-electron chi connectivity index (χ0n) is 14.6. The van der Waals surface area contributed by atoms with Gasteiger partial charge in [0.15, 0.2) is 0 Å². The first-order valence-electron chi connectivity index (χ1n) is 7.68. The van der Waals surface area contributed by atoms with Gasteiger partial charge in [-0.15, -0.1) is 0 Å². The van der Waals surface area contributed by atoms with E-state index >= 15 is 0 Å². The van der Waals surface area contributed by atoms with E-state index in [4.69, 9.17) is 0 Å². The Kier molecular flexibility index (Phi) is 8.18. The topological polar surface area (TPSA) is 18.5 Å². The molecule has 0 aliphatic carbocycles. The molecule has 0 aromatic heterocycles. The first-order valence-corrected chi connectivity index (χ1v) is 7.68. The summed E-state index contributed by atoms with van der Waals surface area (Å²) in [6.07, 6.45) is 1.25. The summed E-state index contributed by atoms with van der Waals surface area (Å²) in [5.74, 6) is 0. The average molecular weight is 271 g/mol. The molecule has 116 valence electrons. The second kappa shape index (κ2) is 8.23. The molecule has 0 atom stereocenters. The highest BCUT2D eigenvalue weighted by atomic mass is 15.1. The molecule has 1 N–H and O–H groups in total. The van der Waals surface area contributed by atoms with E-state index in [1.807, 2.05) is 0 Å². The van der Waals surface area contributed by atoms with Gasteiger partial charge < -0.3 is 15.1 Å². The minimum Gasteiger partial charge on any atom is -0.311 e. The molecular weight excluding hydrogens is 234 g/mol. The van der Waals surface area contributed by atoms with Crippen molar-refractivity contribution < 1.29 is 0 Å². The Bertz CT molecular complexity index is 229. The second-order valence-electron chi connectivity index (χ2n) is 7.79. The van der Waals surface area contributed by atoms with Crippen LogP contribution in [0.3, 0.4) is 0 Å². The normalized spacial score (nSPS) is 13.6. The van der Waals surface area contributed by atoms with Crippen LogP contribution in [0.4, 0.5) is 0 Å². The fraction of sp³-hybridized carbons (Fsp3) is 1.00. The fourth-order valence-electron chi connectivity index (χ4n) is 2.13. The van der Waals surface area contributed by atoms with E-state index in [0.29, 0.717) is 5.41 Å². The van der Waals surface area contributed by atoms with Gasteiger partial charge >= 0.3 is 0 Å². The highest BCUT2D eigenvalue weighted by Crippen LogP contribution is 2.17. The van der Waals surface area contributed by atoms with Gasteiger partial charge in [-0.3, -0.25) is 0 Å². The Morgan fingerprint density at radius 1 is 0.947 bits per heavy atom. The monoisotopic (exact) mass is 271 g/mol. The molecule has 0 rings (SSSR count). The van der Waals surface area contributed by atoms with Crippen LogP contribution >= 0.6 is 0 Å². The summed E-state index contributed by atoms with van der Waals surface area (Å²) in [4.78, 5) is 4.84. The SMILES string of the molecule is CCN(CCCN(C)C)CC(C)(C)CNC(C)(C)C. The third-order valence-electron chi connectivity index (χ3n) is 3.28. The Hall–Kier alpha value is -0.120. The van der Waals surface area contributed by atoms with Gasteiger partial charge in [-0.25, -0.2) is 0 Å². The Morgan fingerprint density at radius 3 is 1.95 bits per heavy atom. The van der Waals surface area contributed by atoms with Crippen molar-refractivity contribution in [2.45, 2.75) is 53.5 Å². The summed E-state index contributed by atoms with van der Waals surface area (Å²) in [5, 5.41) is 3.63. The van der Waals surface area contributed by atoms with Crippen LogP contribution in [-0.2, 0) is 0 Å². The van der Waals surface area contributed by atoms with Crippen LogP contribution < -0.4 is 5.32 Å². The highest BCUT2D eigenvalue weighted by molar-refractivity contribution is 4.80. The molecule has 0 saturated carbocycles. The number of hydrogen-bond donors (Lipinski definition) is 1. The molecule has 3 nitrogen and oxygen atoms in total. The minimum absolute atomic E-state index is 0.208. The molecular formula is C16H37N3. The molecule has 0 amide bonds. The quantitative estimate of drug-likeness (QED) is 0.695. The maximum Gasteiger partial charge on any atom is 0.00967 e. The van der Waals surface area contributed by atoms with Gasteiger partial charge in [0.05, 0.1) is 0 Å². The largest absolute Gasteiger partial charge is 0.311 e. The third kappa shape index (κ3) is 11.4. The van der Waals surface area contributed by atoms with E-state index in [1.54, 1.807) is 0 Å². The average Bonchev–Trinajstić information content (AvgIpc) is 2.24. The lowest BCUT2D eigenvalue weighted by Gasteiger charge is -2.35. The third-order valence-corrected chi connectivity index (χ3v) is 3.28. The molecule has 0 aromatic rings. The van der Waals surface area contributed by atoms with Crippen molar-refractivity contribution in [2.75, 3.05) is 46.8 Å². The Labute approximate surface area is 121 Å². The zero-order valence-corrected chi connectivity index (χ0v) is 14.6. The van der Waals surface area contributed by atoms with Crippen molar-refractivity contribution in [1.82, 2.24) is 15.1 Å². The summed E-state index contributed by atoms with van der Waals surface area (Å²) in [6, 6.07) is 0. The van der Waals surface area contributed by atoms with Gasteiger partial charge in [-0.2, -0.15) is 0 Å². The molecule has 0 bridgehead atoms. The van der Waals surface area contributed by atoms with Gasteiger partial charge in [-0.1, -0.05) is 20.8 Å². The maximum absolute atomic E-state index is 3.63. The lowest BCUT2D eigenvalue weighted by Crippen LogP contribution is -2.46. The predicted molar refractivity (Wildman–Crippen MR) is 86.8 cm³/mol. The molecule has 0 aliphatic rings. The van der Waals surface area contributed by atoms with Crippen LogP contribution in [0.25, 0.3) is 0 Å². The van der Waals surface area contributed by atoms with Crippen LogP contribution in [0.1, 0.15) is 48.0 Å². The van der Waals surface area contributed by atoms with Crippen LogP contribution in [0, 0.1) is 5.41 Å². The van der Waals surface area contributed by atoms with E-state index in [2.05, 4.69) is 70.8 Å². The Balaban J connectivity index is 4.12. The number of nitrogens with one attached hydrogen (secondary N) is 1. The molecule has 0 unspecified atom stereocenters. The molecule has 0 radical (unpaired) electrons. The van der Waals surface area contributed by atoms with Gasteiger partial charge in [-0.05, 0) is 66.3 Å². The second-order valence-corrected chi connectivity index (χ2v) is 7.79. The lowest BCUT2D eigenvalue weighted by atomic mass is 9.91. The van der Waals surface area contributed by atoms with E-state index < -0.39 is 0 Å². The van der Waals surface area contributed by atoms with E-state index in [1.165, 1.54) is 26.1 Å². The van der Waals surface area contributed by atoms with E-state index in [9.17, 15) is 0 Å². The molecule has 0 fully saturated rings. The number of nitrogens with zero attached hydrogens (tertiary/aromatic N) is 2. The van der Waals surface area contributed by atoms with Crippen LogP contribution in [0.5, 0.6) is 0 Å². The maximum atomic E-state index is 3.63. The molecule has 19 heavy (non-hydrogen) atoms. The molecule has 0 aromatic carbocycles. The Morgan fingerprint density at radius 2 is 1.53 bits per heavy atom. The fourth-order valence-corrected chi connectivity index (χ4v) is 2.13. The van der Waals surface area contributed by atoms with Gasteiger partial charge in [0.1, 0.15) is 0 Å². The summed E-state index contributed by atoms with van der Waals surface area (Å²) < 4.78 is 0. The van der Waals surface area contributed by atoms with Crippen molar-refractivity contribution in [1.29, 1.82) is 0 Å². The number of hydrogen-bond acceptors (Lipinski definition) is 3. The van der Waals surface area contributed by atoms with Crippen molar-refractivity contribution in [3.05, 3.63) is 0 Å². The number of rotatable bonds is 9. The molecule has 0 aliphatic heterocycles. The van der Waals surface area contributed by atoms with Crippen LogP contribution in [-0.4, -0.2) is 62.2 Å². The lowest BCUT2D eigenvalue weighted by molar-refractivity contribution is 0.166. The van der Waals surface area contributed by atoms with Crippen molar-refractivity contribution in [3.63, 3.8) is 0 Å². The summed E-state index contributed by atoms with van der Waals surface area (Å²) in [6.45, 7) is 19.5. The van der Waals surface area contributed by atoms with Crippen molar-refractivity contribution in [2.24, 2.45) is 5.41 Å². The standard InChI is InChI=1S/C16H37N3/c1-9-19(12-10-11-18(7)8)14-16(5,6)13-17-15(2,3)4/h17H,9-14H2,1-8H3. The van der Waals surface area contributed by atoms with Gasteiger partial charge in [0, 0.05) is 18.6 Å². The van der Waals surface area contributed by atoms with Crippen molar-refractivity contribution >= 4 is 0 Å². The summed E-state index contributed by atoms with van der Waals surface area (Å²) in [5.41, 5.74) is 0.528. The van der Waals surface area contributed by atoms with E-state index in [-0.39, 0.29) is 5.54 Å². The van der Waals surface area contributed by atoms with Gasteiger partial charge in [0.2, 0.25) is 0 Å². The van der Waals surface area contributed by atoms with Crippen molar-refractivity contribution in [3.8, 4) is 0 Å². The predicted octanol–water partition coefficient (Wildman–Crippen LogP) is 2.67. The molecule has 0 saturated heterocycles. The zero-order chi connectivity index (χ0) is 15.1. The van der Waals surface area contributed by atoms with Crippen LogP contribution in [0.15, 0.2) is 0 Å². The smallest absolute Gasteiger partial charge is 0.00967 e. The van der Waals surface area contributed by atoms with E-state index in [0.717, 1.165) is 13.1 Å². The highest BCUT2D eigenvalue weighted by Gasteiger charge is 2.23. The molecule has 0 heterocycles. The first kappa shape index (κ1) is 18.9. The summed E-state index contributed by atoms with van der Waals surface area (Å²) in [7, 11) is 4.29. The molecule has 0 spiro atoms.